The molecule has 3 heteroatoms. The van der Waals surface area contributed by atoms with Crippen molar-refractivity contribution in [1.82, 2.24) is 0 Å². The first-order valence-corrected chi connectivity index (χ1v) is 7.40. The quantitative estimate of drug-likeness (QED) is 0.796. The minimum atomic E-state index is -0.399. The number of nitriles is 1. The molecule has 0 heterocycles. The predicted octanol–water partition coefficient (Wildman–Crippen LogP) is 4.06. The van der Waals surface area contributed by atoms with Gasteiger partial charge in [-0.15, -0.1) is 0 Å². The molecule has 108 valence electrons. The van der Waals surface area contributed by atoms with Crippen molar-refractivity contribution in [2.24, 2.45) is 0 Å². The van der Waals surface area contributed by atoms with Gasteiger partial charge < -0.3 is 5.11 Å². The number of aliphatic hydroxyl groups is 1. The summed E-state index contributed by atoms with van der Waals surface area (Å²) in [6.45, 7) is 3.91. The number of hydrogen-bond acceptors (Lipinski definition) is 2. The number of rotatable bonds is 6. The van der Waals surface area contributed by atoms with E-state index in [1.54, 1.807) is 0 Å². The summed E-state index contributed by atoms with van der Waals surface area (Å²) < 4.78 is 13.8. The van der Waals surface area contributed by atoms with Crippen molar-refractivity contribution < 1.29 is 9.50 Å². The summed E-state index contributed by atoms with van der Waals surface area (Å²) in [5.74, 6) is -0.166. The van der Waals surface area contributed by atoms with E-state index in [0.29, 0.717) is 11.1 Å². The Morgan fingerprint density at radius 3 is 2.60 bits per heavy atom. The lowest BCUT2D eigenvalue weighted by atomic mass is 9.94. The minimum Gasteiger partial charge on any atom is -0.390 e. The molecule has 2 nitrogen and oxygen atoms in total. The molecular formula is C17H22FNO. The van der Waals surface area contributed by atoms with Crippen LogP contribution in [0.5, 0.6) is 0 Å². The van der Waals surface area contributed by atoms with Crippen LogP contribution in [-0.2, 0) is 6.42 Å². The van der Waals surface area contributed by atoms with Crippen molar-refractivity contribution in [3.63, 3.8) is 0 Å². The molecule has 1 aromatic rings. The van der Waals surface area contributed by atoms with Gasteiger partial charge in [0.15, 0.2) is 0 Å². The third-order valence-corrected chi connectivity index (χ3v) is 4.13. The van der Waals surface area contributed by atoms with Gasteiger partial charge in [-0.2, -0.15) is 5.26 Å². The zero-order valence-corrected chi connectivity index (χ0v) is 12.2. The molecule has 1 aromatic carbocycles. The topological polar surface area (TPSA) is 44.0 Å². The normalized spacial score (nSPS) is 16.2. The van der Waals surface area contributed by atoms with Crippen molar-refractivity contribution in [3.05, 3.63) is 34.6 Å². The molecule has 20 heavy (non-hydrogen) atoms. The average Bonchev–Trinajstić information content (AvgIpc) is 3.13. The van der Waals surface area contributed by atoms with Crippen molar-refractivity contribution in [1.29, 1.82) is 5.26 Å². The number of hydrogen-bond donors (Lipinski definition) is 1. The van der Waals surface area contributed by atoms with Crippen LogP contribution < -0.4 is 0 Å². The van der Waals surface area contributed by atoms with Crippen LogP contribution in [0.1, 0.15) is 68.6 Å². The van der Waals surface area contributed by atoms with E-state index in [9.17, 15) is 9.50 Å². The van der Waals surface area contributed by atoms with E-state index in [1.165, 1.54) is 6.07 Å². The molecule has 0 radical (unpaired) electrons. The summed E-state index contributed by atoms with van der Waals surface area (Å²) in [5.41, 5.74) is 1.65. The fourth-order valence-electron chi connectivity index (χ4n) is 2.55. The van der Waals surface area contributed by atoms with Gasteiger partial charge in [0.1, 0.15) is 5.82 Å². The average molecular weight is 275 g/mol. The van der Waals surface area contributed by atoms with Crippen LogP contribution in [0.25, 0.3) is 0 Å². The SMILES string of the molecule is CC(C)c1cc(CCCCC2(O)CC2)c(C#N)cc1F. The van der Waals surface area contributed by atoms with Crippen molar-refractivity contribution in [2.45, 2.75) is 63.9 Å². The third kappa shape index (κ3) is 3.58. The fourth-order valence-corrected chi connectivity index (χ4v) is 2.55. The first kappa shape index (κ1) is 15.0. The van der Waals surface area contributed by atoms with E-state index >= 15 is 0 Å². The molecule has 1 N–H and O–H groups in total. The van der Waals surface area contributed by atoms with Gasteiger partial charge in [0.2, 0.25) is 0 Å². The number of unbranched alkanes of at least 4 members (excludes halogenated alkanes) is 1. The first-order valence-electron chi connectivity index (χ1n) is 7.40. The molecule has 2 rings (SSSR count). The Morgan fingerprint density at radius 1 is 1.35 bits per heavy atom. The fraction of sp³-hybridized carbons (Fsp3) is 0.588. The Bertz CT molecular complexity index is 527. The predicted molar refractivity (Wildman–Crippen MR) is 76.9 cm³/mol. The molecule has 1 aliphatic rings. The molecule has 0 aliphatic heterocycles. The summed E-state index contributed by atoms with van der Waals surface area (Å²) in [7, 11) is 0. The lowest BCUT2D eigenvalue weighted by Gasteiger charge is -2.12. The largest absolute Gasteiger partial charge is 0.390 e. The number of benzene rings is 1. The smallest absolute Gasteiger partial charge is 0.127 e. The third-order valence-electron chi connectivity index (χ3n) is 4.13. The van der Waals surface area contributed by atoms with E-state index in [0.717, 1.165) is 44.1 Å². The zero-order valence-electron chi connectivity index (χ0n) is 12.2. The van der Waals surface area contributed by atoms with Gasteiger partial charge in [-0.05, 0) is 55.2 Å². The molecule has 0 aromatic heterocycles. The van der Waals surface area contributed by atoms with E-state index in [-0.39, 0.29) is 11.7 Å². The molecular weight excluding hydrogens is 253 g/mol. The van der Waals surface area contributed by atoms with Crippen molar-refractivity contribution >= 4 is 0 Å². The highest BCUT2D eigenvalue weighted by Gasteiger charge is 2.39. The van der Waals surface area contributed by atoms with Gasteiger partial charge in [0.25, 0.3) is 0 Å². The molecule has 1 fully saturated rings. The van der Waals surface area contributed by atoms with Crippen LogP contribution in [0.4, 0.5) is 4.39 Å². The number of halogens is 1. The lowest BCUT2D eigenvalue weighted by Crippen LogP contribution is -2.06. The summed E-state index contributed by atoms with van der Waals surface area (Å²) in [5, 5.41) is 18.9. The molecule has 0 unspecified atom stereocenters. The van der Waals surface area contributed by atoms with E-state index < -0.39 is 5.60 Å². The first-order chi connectivity index (χ1) is 9.45. The van der Waals surface area contributed by atoms with Gasteiger partial charge in [0, 0.05) is 0 Å². The molecule has 1 aliphatic carbocycles. The van der Waals surface area contributed by atoms with Crippen LogP contribution in [0, 0.1) is 17.1 Å². The maximum atomic E-state index is 13.8. The van der Waals surface area contributed by atoms with Crippen molar-refractivity contribution in [3.8, 4) is 6.07 Å². The van der Waals surface area contributed by atoms with E-state index in [4.69, 9.17) is 5.26 Å². The Balaban J connectivity index is 2.01. The van der Waals surface area contributed by atoms with Crippen LogP contribution in [0.3, 0.4) is 0 Å². The second kappa shape index (κ2) is 5.93. The van der Waals surface area contributed by atoms with E-state index in [1.807, 2.05) is 19.9 Å². The lowest BCUT2D eigenvalue weighted by molar-refractivity contribution is 0.136. The molecule has 0 spiro atoms. The summed E-state index contributed by atoms with van der Waals surface area (Å²) in [4.78, 5) is 0. The second-order valence-electron chi connectivity index (χ2n) is 6.23. The van der Waals surface area contributed by atoms with Gasteiger partial charge in [0.05, 0.1) is 17.2 Å². The molecule has 0 bridgehead atoms. The number of aryl methyl sites for hydroxylation is 1. The Kier molecular flexibility index (Phi) is 4.45. The highest BCUT2D eigenvalue weighted by Crippen LogP contribution is 2.39. The molecule has 0 amide bonds. The maximum Gasteiger partial charge on any atom is 0.127 e. The van der Waals surface area contributed by atoms with E-state index in [2.05, 4.69) is 6.07 Å². The highest BCUT2D eigenvalue weighted by molar-refractivity contribution is 5.42. The molecule has 0 atom stereocenters. The van der Waals surface area contributed by atoms with Gasteiger partial charge in [-0.3, -0.25) is 0 Å². The van der Waals surface area contributed by atoms with Crippen LogP contribution in [-0.4, -0.2) is 10.7 Å². The highest BCUT2D eigenvalue weighted by atomic mass is 19.1. The summed E-state index contributed by atoms with van der Waals surface area (Å²) in [6.07, 6.45) is 5.34. The van der Waals surface area contributed by atoms with Gasteiger partial charge >= 0.3 is 0 Å². The van der Waals surface area contributed by atoms with Crippen LogP contribution in [0.2, 0.25) is 0 Å². The zero-order chi connectivity index (χ0) is 14.8. The second-order valence-corrected chi connectivity index (χ2v) is 6.23. The monoisotopic (exact) mass is 275 g/mol. The van der Waals surface area contributed by atoms with Crippen LogP contribution >= 0.6 is 0 Å². The number of nitrogens with zero attached hydrogens (tertiary/aromatic N) is 1. The standard InChI is InChI=1S/C17H22FNO/c1-12(2)15-9-13(14(11-19)10-16(15)18)5-3-4-6-17(20)7-8-17/h9-10,12,20H,3-8H2,1-2H3. The van der Waals surface area contributed by atoms with Gasteiger partial charge in [-0.25, -0.2) is 4.39 Å². The summed E-state index contributed by atoms with van der Waals surface area (Å²) in [6, 6.07) is 5.28. The molecule has 1 saturated carbocycles. The minimum absolute atomic E-state index is 0.119. The molecule has 0 saturated heterocycles. The Morgan fingerprint density at radius 2 is 2.05 bits per heavy atom. The van der Waals surface area contributed by atoms with Crippen molar-refractivity contribution in [2.75, 3.05) is 0 Å². The van der Waals surface area contributed by atoms with Gasteiger partial charge in [-0.1, -0.05) is 26.3 Å². The van der Waals surface area contributed by atoms with Crippen LogP contribution in [0.15, 0.2) is 12.1 Å². The maximum absolute atomic E-state index is 13.8. The summed E-state index contributed by atoms with van der Waals surface area (Å²) >= 11 is 0. The Hall–Kier alpha value is -1.40. The Labute approximate surface area is 120 Å².